The number of nitrogens with two attached hydrogens (primary N) is 2. The van der Waals surface area contributed by atoms with E-state index in [1.54, 1.807) is 66.3 Å². The SMILES string of the molecule is CC[C@H](C)[C@H](N)C(=O)OCCOP(=O)(COCCn1cnc2c(N)ncnc21)OCCCOC(=O)C(C)c1cccc(C(=O)c2ccccc2)c1. The Bertz CT molecular complexity index is 1800. The Balaban J connectivity index is 1.26. The minimum absolute atomic E-state index is 0.0174. The zero-order valence-corrected chi connectivity index (χ0v) is 29.9. The van der Waals surface area contributed by atoms with Crippen LogP contribution in [0.3, 0.4) is 0 Å². The molecule has 0 fully saturated rings. The van der Waals surface area contributed by atoms with Crippen LogP contribution >= 0.6 is 7.60 Å². The van der Waals surface area contributed by atoms with Gasteiger partial charge in [0, 0.05) is 24.1 Å². The number of anilines is 1. The average molecular weight is 725 g/mol. The fraction of sp³-hybridized carbons (Fsp3) is 0.429. The molecule has 51 heavy (non-hydrogen) atoms. The van der Waals surface area contributed by atoms with Crippen molar-refractivity contribution >= 4 is 42.3 Å². The maximum atomic E-state index is 13.6. The van der Waals surface area contributed by atoms with Crippen LogP contribution in [0.5, 0.6) is 0 Å². The van der Waals surface area contributed by atoms with Crippen LogP contribution < -0.4 is 11.5 Å². The van der Waals surface area contributed by atoms with Crippen molar-refractivity contribution in [2.75, 3.05) is 45.1 Å². The summed E-state index contributed by atoms with van der Waals surface area (Å²) in [6.45, 7) is 5.38. The van der Waals surface area contributed by atoms with E-state index in [9.17, 15) is 18.9 Å². The molecule has 4 rings (SSSR count). The second kappa shape index (κ2) is 19.2. The lowest BCUT2D eigenvalue weighted by molar-refractivity contribution is -0.147. The normalized spacial score (nSPS) is 14.4. The molecular weight excluding hydrogens is 679 g/mol. The van der Waals surface area contributed by atoms with Crippen molar-refractivity contribution in [2.24, 2.45) is 11.7 Å². The average Bonchev–Trinajstić information content (AvgIpc) is 3.58. The molecule has 0 aliphatic heterocycles. The maximum Gasteiger partial charge on any atom is 0.356 e. The van der Waals surface area contributed by atoms with Gasteiger partial charge in [-0.3, -0.25) is 18.9 Å². The summed E-state index contributed by atoms with van der Waals surface area (Å²) in [6.07, 6.45) is 3.40. The molecule has 15 nitrogen and oxygen atoms in total. The van der Waals surface area contributed by atoms with E-state index in [1.807, 2.05) is 19.9 Å². The van der Waals surface area contributed by atoms with Crippen molar-refractivity contribution in [2.45, 2.75) is 52.1 Å². The Morgan fingerprint density at radius 2 is 1.59 bits per heavy atom. The highest BCUT2D eigenvalue weighted by atomic mass is 31.2. The zero-order valence-electron chi connectivity index (χ0n) is 29.0. The Morgan fingerprint density at radius 3 is 2.35 bits per heavy atom. The number of rotatable bonds is 21. The Hall–Kier alpha value is -4.53. The molecule has 4 aromatic rings. The van der Waals surface area contributed by atoms with E-state index >= 15 is 0 Å². The summed E-state index contributed by atoms with van der Waals surface area (Å²) in [4.78, 5) is 50.3. The number of hydrogen-bond donors (Lipinski definition) is 2. The number of ketones is 1. The summed E-state index contributed by atoms with van der Waals surface area (Å²) in [5, 5.41) is 0. The molecule has 0 amide bonds. The summed E-state index contributed by atoms with van der Waals surface area (Å²) >= 11 is 0. The van der Waals surface area contributed by atoms with Gasteiger partial charge < -0.3 is 39.3 Å². The first kappa shape index (κ1) is 39.3. The first-order valence-corrected chi connectivity index (χ1v) is 18.4. The molecule has 0 saturated heterocycles. The highest BCUT2D eigenvalue weighted by molar-refractivity contribution is 7.53. The molecule has 16 heteroatoms. The van der Waals surface area contributed by atoms with Gasteiger partial charge in [0.25, 0.3) is 0 Å². The number of nitrogens with zero attached hydrogens (tertiary/aromatic N) is 4. The van der Waals surface area contributed by atoms with Crippen LogP contribution in [-0.4, -0.2) is 82.7 Å². The standard InChI is InChI=1S/C35H45N6O9P/c1-4-24(2)29(36)35(44)48-18-19-50-51(45,23-46-17-14-41-22-40-30-32(37)38-21-39-33(30)41)49-16-9-15-47-34(43)25(3)27-12-8-13-28(20-27)31(42)26-10-6-5-7-11-26/h5-8,10-13,20-22,24-25,29H,4,9,14-19,23,36H2,1-3H3,(H2,37,38,39)/t24-,25?,29-,51?/m0/s1. The van der Waals surface area contributed by atoms with Crippen LogP contribution in [0.2, 0.25) is 0 Å². The molecule has 4 atom stereocenters. The predicted octanol–water partition coefficient (Wildman–Crippen LogP) is 4.49. The number of benzene rings is 2. The molecule has 2 unspecified atom stereocenters. The van der Waals surface area contributed by atoms with Gasteiger partial charge in [0.2, 0.25) is 0 Å². The third-order valence-corrected chi connectivity index (χ3v) is 9.81. The lowest BCUT2D eigenvalue weighted by Gasteiger charge is -2.20. The summed E-state index contributed by atoms with van der Waals surface area (Å²) in [6, 6.07) is 15.0. The number of carbonyl (C=O) groups is 3. The van der Waals surface area contributed by atoms with Crippen LogP contribution in [0.15, 0.2) is 67.3 Å². The Morgan fingerprint density at radius 1 is 0.863 bits per heavy atom. The van der Waals surface area contributed by atoms with E-state index in [4.69, 9.17) is 34.7 Å². The van der Waals surface area contributed by atoms with Crippen LogP contribution in [0.1, 0.15) is 61.0 Å². The molecule has 0 aliphatic rings. The predicted molar refractivity (Wildman–Crippen MR) is 189 cm³/mol. The first-order valence-electron chi connectivity index (χ1n) is 16.7. The smallest absolute Gasteiger partial charge is 0.356 e. The monoisotopic (exact) mass is 724 g/mol. The van der Waals surface area contributed by atoms with Crippen LogP contribution in [0.25, 0.3) is 11.2 Å². The molecule has 274 valence electrons. The highest BCUT2D eigenvalue weighted by Crippen LogP contribution is 2.48. The zero-order chi connectivity index (χ0) is 36.8. The second-order valence-corrected chi connectivity index (χ2v) is 13.8. The van der Waals surface area contributed by atoms with Crippen molar-refractivity contribution in [3.05, 3.63) is 83.9 Å². The minimum atomic E-state index is -3.85. The van der Waals surface area contributed by atoms with Crippen LogP contribution in [0, 0.1) is 5.92 Å². The summed E-state index contributed by atoms with van der Waals surface area (Å²) in [5.74, 6) is -1.66. The molecule has 0 saturated carbocycles. The van der Waals surface area contributed by atoms with Crippen molar-refractivity contribution in [1.82, 2.24) is 19.5 Å². The summed E-state index contributed by atoms with van der Waals surface area (Å²) in [7, 11) is -3.85. The third kappa shape index (κ3) is 11.2. The van der Waals surface area contributed by atoms with E-state index in [1.165, 1.54) is 6.33 Å². The largest absolute Gasteiger partial charge is 0.465 e. The molecular formula is C35H45N6O9P. The van der Waals surface area contributed by atoms with E-state index in [2.05, 4.69) is 15.0 Å². The molecule has 0 spiro atoms. The highest BCUT2D eigenvalue weighted by Gasteiger charge is 2.27. The van der Waals surface area contributed by atoms with Gasteiger partial charge in [0.15, 0.2) is 17.2 Å². The van der Waals surface area contributed by atoms with Crippen LogP contribution in [0.4, 0.5) is 5.82 Å². The van der Waals surface area contributed by atoms with Gasteiger partial charge >= 0.3 is 19.5 Å². The van der Waals surface area contributed by atoms with E-state index in [-0.39, 0.29) is 57.0 Å². The quantitative estimate of drug-likeness (QED) is 0.0525. The molecule has 0 aliphatic carbocycles. The molecule has 2 aromatic heterocycles. The number of fused-ring (bicyclic) bond motifs is 1. The number of aromatic nitrogens is 4. The molecule has 4 N–H and O–H groups in total. The fourth-order valence-electron chi connectivity index (χ4n) is 4.82. The van der Waals surface area contributed by atoms with Gasteiger partial charge in [-0.25, -0.2) is 15.0 Å². The van der Waals surface area contributed by atoms with Crippen molar-refractivity contribution in [1.29, 1.82) is 0 Å². The van der Waals surface area contributed by atoms with E-state index in [0.29, 0.717) is 40.8 Å². The van der Waals surface area contributed by atoms with Gasteiger partial charge in [-0.05, 0) is 24.5 Å². The Kier molecular flexibility index (Phi) is 14.8. The molecule has 0 radical (unpaired) electrons. The number of hydrogen-bond acceptors (Lipinski definition) is 14. The number of esters is 2. The lowest BCUT2D eigenvalue weighted by Crippen LogP contribution is -2.38. The minimum Gasteiger partial charge on any atom is -0.465 e. The van der Waals surface area contributed by atoms with E-state index < -0.39 is 37.8 Å². The maximum absolute atomic E-state index is 13.6. The first-order chi connectivity index (χ1) is 24.5. The lowest BCUT2D eigenvalue weighted by atomic mass is 9.96. The molecule has 0 bridgehead atoms. The van der Waals surface area contributed by atoms with Gasteiger partial charge in [-0.1, -0.05) is 68.8 Å². The fourth-order valence-corrected chi connectivity index (χ4v) is 6.15. The van der Waals surface area contributed by atoms with Crippen molar-refractivity contribution in [3.63, 3.8) is 0 Å². The number of carbonyl (C=O) groups excluding carboxylic acids is 3. The topological polar surface area (TPSA) is 210 Å². The number of ether oxygens (including phenoxy) is 3. The van der Waals surface area contributed by atoms with Gasteiger partial charge in [0.1, 0.15) is 30.8 Å². The van der Waals surface area contributed by atoms with Gasteiger partial charge in [0.05, 0.1) is 38.7 Å². The van der Waals surface area contributed by atoms with Crippen LogP contribution in [-0.2, 0) is 44.0 Å². The molecule has 2 aromatic carbocycles. The molecule has 2 heterocycles. The van der Waals surface area contributed by atoms with Crippen molar-refractivity contribution in [3.8, 4) is 0 Å². The summed E-state index contributed by atoms with van der Waals surface area (Å²) < 4.78 is 42.8. The number of nitrogen functional groups attached to an aromatic ring is 1. The second-order valence-electron chi connectivity index (χ2n) is 11.8. The van der Waals surface area contributed by atoms with Gasteiger partial charge in [-0.2, -0.15) is 0 Å². The summed E-state index contributed by atoms with van der Waals surface area (Å²) in [5.41, 5.74) is 14.4. The van der Waals surface area contributed by atoms with Gasteiger partial charge in [-0.15, -0.1) is 0 Å². The Labute approximate surface area is 296 Å². The number of imidazole rings is 1. The van der Waals surface area contributed by atoms with E-state index in [0.717, 1.165) is 0 Å². The van der Waals surface area contributed by atoms with Crippen molar-refractivity contribution < 1.29 is 42.2 Å². The third-order valence-electron chi connectivity index (χ3n) is 8.16.